The van der Waals surface area contributed by atoms with Crippen molar-refractivity contribution < 1.29 is 4.79 Å². The third-order valence-electron chi connectivity index (χ3n) is 3.71. The number of nitrogens with one attached hydrogen (secondary N) is 1. The number of carbonyl (C=O) groups excluding carboxylic acids is 1. The van der Waals surface area contributed by atoms with E-state index in [1.165, 1.54) is 11.8 Å². The lowest BCUT2D eigenvalue weighted by Crippen LogP contribution is -2.19. The summed E-state index contributed by atoms with van der Waals surface area (Å²) in [5.41, 5.74) is 4.04. The standard InChI is InChI=1S/C21H20N2OS/c1-15-12-16(2)14-18(13-15)23-21(24)20(17-8-4-3-5-9-17)25-19-10-6-7-11-22-19/h3-14,20H,1-2H3,(H,23,24)/t20-/m0/s1. The van der Waals surface area contributed by atoms with Crippen LogP contribution in [-0.2, 0) is 4.79 Å². The minimum atomic E-state index is -0.364. The Morgan fingerprint density at radius 3 is 2.28 bits per heavy atom. The van der Waals surface area contributed by atoms with Gasteiger partial charge in [0.1, 0.15) is 5.25 Å². The number of hydrogen-bond acceptors (Lipinski definition) is 3. The normalized spacial score (nSPS) is 11.8. The van der Waals surface area contributed by atoms with E-state index >= 15 is 0 Å². The summed E-state index contributed by atoms with van der Waals surface area (Å²) in [7, 11) is 0. The van der Waals surface area contributed by atoms with Gasteiger partial charge in [0.15, 0.2) is 0 Å². The predicted molar refractivity (Wildman–Crippen MR) is 104 cm³/mol. The topological polar surface area (TPSA) is 42.0 Å². The molecule has 0 saturated carbocycles. The van der Waals surface area contributed by atoms with Crippen LogP contribution in [0.25, 0.3) is 0 Å². The van der Waals surface area contributed by atoms with Gasteiger partial charge in [0.25, 0.3) is 0 Å². The van der Waals surface area contributed by atoms with Crippen LogP contribution in [0.2, 0.25) is 0 Å². The Morgan fingerprint density at radius 2 is 1.64 bits per heavy atom. The van der Waals surface area contributed by atoms with E-state index in [9.17, 15) is 4.79 Å². The zero-order chi connectivity index (χ0) is 17.6. The fourth-order valence-corrected chi connectivity index (χ4v) is 3.67. The smallest absolute Gasteiger partial charge is 0.242 e. The Hall–Kier alpha value is -2.59. The summed E-state index contributed by atoms with van der Waals surface area (Å²) >= 11 is 1.45. The van der Waals surface area contributed by atoms with Gasteiger partial charge in [-0.25, -0.2) is 4.98 Å². The molecule has 0 saturated heterocycles. The van der Waals surface area contributed by atoms with Crippen molar-refractivity contribution >= 4 is 23.4 Å². The molecule has 0 aliphatic rings. The minimum absolute atomic E-state index is 0.0492. The summed E-state index contributed by atoms with van der Waals surface area (Å²) < 4.78 is 0. The molecule has 3 aromatic rings. The monoisotopic (exact) mass is 348 g/mol. The van der Waals surface area contributed by atoms with Crippen LogP contribution in [0.3, 0.4) is 0 Å². The third kappa shape index (κ3) is 4.70. The molecule has 1 N–H and O–H groups in total. The van der Waals surface area contributed by atoms with Crippen molar-refractivity contribution in [1.29, 1.82) is 0 Å². The van der Waals surface area contributed by atoms with Gasteiger partial charge in [-0.2, -0.15) is 0 Å². The first-order valence-corrected chi connectivity index (χ1v) is 9.01. The van der Waals surface area contributed by atoms with Gasteiger partial charge in [0.05, 0.1) is 5.03 Å². The number of benzene rings is 2. The number of aryl methyl sites for hydroxylation is 2. The summed E-state index contributed by atoms with van der Waals surface area (Å²) in [6.07, 6.45) is 1.74. The number of rotatable bonds is 5. The van der Waals surface area contributed by atoms with Gasteiger partial charge in [-0.15, -0.1) is 0 Å². The van der Waals surface area contributed by atoms with Crippen molar-refractivity contribution in [2.45, 2.75) is 24.1 Å². The van der Waals surface area contributed by atoms with E-state index in [0.717, 1.165) is 27.4 Å². The molecular formula is C21H20N2OS. The van der Waals surface area contributed by atoms with Crippen LogP contribution in [-0.4, -0.2) is 10.9 Å². The molecule has 0 bridgehead atoms. The molecule has 1 heterocycles. The van der Waals surface area contributed by atoms with E-state index in [2.05, 4.69) is 16.4 Å². The summed E-state index contributed by atoms with van der Waals surface area (Å²) in [5, 5.41) is 3.52. The van der Waals surface area contributed by atoms with E-state index in [4.69, 9.17) is 0 Å². The van der Waals surface area contributed by atoms with Gasteiger partial charge in [-0.1, -0.05) is 54.2 Å². The Bertz CT molecular complexity index is 830. The maximum Gasteiger partial charge on any atom is 0.242 e. The molecule has 0 radical (unpaired) electrons. The van der Waals surface area contributed by atoms with Crippen molar-refractivity contribution in [3.05, 3.63) is 89.6 Å². The van der Waals surface area contributed by atoms with Gasteiger partial charge < -0.3 is 5.32 Å². The average Bonchev–Trinajstić information content (AvgIpc) is 2.60. The number of amides is 1. The minimum Gasteiger partial charge on any atom is -0.325 e. The van der Waals surface area contributed by atoms with Gasteiger partial charge in [-0.05, 0) is 54.8 Å². The van der Waals surface area contributed by atoms with E-state index in [1.54, 1.807) is 6.20 Å². The number of carbonyl (C=O) groups is 1. The van der Waals surface area contributed by atoms with Crippen molar-refractivity contribution in [2.24, 2.45) is 0 Å². The summed E-state index contributed by atoms with van der Waals surface area (Å²) in [6.45, 7) is 4.06. The highest BCUT2D eigenvalue weighted by molar-refractivity contribution is 8.00. The lowest BCUT2D eigenvalue weighted by atomic mass is 10.1. The second-order valence-corrected chi connectivity index (χ2v) is 7.07. The predicted octanol–water partition coefficient (Wildman–Crippen LogP) is 5.17. The quantitative estimate of drug-likeness (QED) is 0.647. The van der Waals surface area contributed by atoms with Gasteiger partial charge in [-0.3, -0.25) is 4.79 Å². The highest BCUT2D eigenvalue weighted by Crippen LogP contribution is 2.35. The van der Waals surface area contributed by atoms with E-state index in [1.807, 2.05) is 74.5 Å². The average molecular weight is 348 g/mol. The molecule has 0 spiro atoms. The van der Waals surface area contributed by atoms with Crippen LogP contribution in [0.4, 0.5) is 5.69 Å². The maximum atomic E-state index is 13.0. The molecule has 126 valence electrons. The summed E-state index contributed by atoms with van der Waals surface area (Å²) in [5.74, 6) is -0.0492. The molecule has 1 amide bonds. The number of hydrogen-bond donors (Lipinski definition) is 1. The van der Waals surface area contributed by atoms with Gasteiger partial charge in [0.2, 0.25) is 5.91 Å². The Balaban J connectivity index is 1.86. The van der Waals surface area contributed by atoms with Crippen LogP contribution in [0.15, 0.2) is 78.0 Å². The molecule has 1 aromatic heterocycles. The largest absolute Gasteiger partial charge is 0.325 e. The van der Waals surface area contributed by atoms with Crippen molar-refractivity contribution in [1.82, 2.24) is 4.98 Å². The molecule has 2 aromatic carbocycles. The number of aromatic nitrogens is 1. The van der Waals surface area contributed by atoms with Crippen LogP contribution >= 0.6 is 11.8 Å². The summed E-state index contributed by atoms with van der Waals surface area (Å²) in [4.78, 5) is 17.3. The van der Waals surface area contributed by atoms with E-state index in [0.29, 0.717) is 0 Å². The zero-order valence-corrected chi connectivity index (χ0v) is 15.1. The fraction of sp³-hybridized carbons (Fsp3) is 0.143. The zero-order valence-electron chi connectivity index (χ0n) is 14.3. The van der Waals surface area contributed by atoms with E-state index in [-0.39, 0.29) is 11.2 Å². The molecule has 1 atom stereocenters. The summed E-state index contributed by atoms with van der Waals surface area (Å²) in [6, 6.07) is 21.6. The van der Waals surface area contributed by atoms with Gasteiger partial charge >= 0.3 is 0 Å². The maximum absolute atomic E-state index is 13.0. The second-order valence-electron chi connectivity index (χ2n) is 5.94. The first kappa shape index (κ1) is 17.2. The first-order valence-electron chi connectivity index (χ1n) is 8.13. The van der Waals surface area contributed by atoms with E-state index < -0.39 is 0 Å². The molecule has 0 unspecified atom stereocenters. The van der Waals surface area contributed by atoms with Crippen LogP contribution < -0.4 is 5.32 Å². The lowest BCUT2D eigenvalue weighted by Gasteiger charge is -2.17. The fourth-order valence-electron chi connectivity index (χ4n) is 2.69. The van der Waals surface area contributed by atoms with Crippen LogP contribution in [0.1, 0.15) is 21.9 Å². The Morgan fingerprint density at radius 1 is 0.960 bits per heavy atom. The Kier molecular flexibility index (Phi) is 5.51. The highest BCUT2D eigenvalue weighted by atomic mass is 32.2. The number of anilines is 1. The molecule has 3 rings (SSSR count). The number of pyridine rings is 1. The lowest BCUT2D eigenvalue weighted by molar-refractivity contribution is -0.115. The van der Waals surface area contributed by atoms with Crippen molar-refractivity contribution in [2.75, 3.05) is 5.32 Å². The second kappa shape index (κ2) is 7.99. The van der Waals surface area contributed by atoms with Crippen molar-refractivity contribution in [3.8, 4) is 0 Å². The molecule has 25 heavy (non-hydrogen) atoms. The number of nitrogens with zero attached hydrogens (tertiary/aromatic N) is 1. The molecule has 0 aliphatic carbocycles. The first-order chi connectivity index (χ1) is 12.1. The molecule has 4 heteroatoms. The molecule has 0 fully saturated rings. The highest BCUT2D eigenvalue weighted by Gasteiger charge is 2.22. The van der Waals surface area contributed by atoms with Crippen molar-refractivity contribution in [3.63, 3.8) is 0 Å². The van der Waals surface area contributed by atoms with Crippen LogP contribution in [0.5, 0.6) is 0 Å². The molecular weight excluding hydrogens is 328 g/mol. The number of thioether (sulfide) groups is 1. The molecule has 0 aliphatic heterocycles. The SMILES string of the molecule is Cc1cc(C)cc(NC(=O)[C@@H](Sc2ccccn2)c2ccccc2)c1. The van der Waals surface area contributed by atoms with Crippen LogP contribution in [0, 0.1) is 13.8 Å². The third-order valence-corrected chi connectivity index (χ3v) is 4.91. The Labute approximate surface area is 152 Å². The molecule has 3 nitrogen and oxygen atoms in total. The van der Waals surface area contributed by atoms with Gasteiger partial charge in [0, 0.05) is 11.9 Å².